The largest absolute Gasteiger partial charge is 0.438 e. The highest BCUT2D eigenvalue weighted by Crippen LogP contribution is 2.26. The van der Waals surface area contributed by atoms with E-state index >= 15 is 0 Å². The van der Waals surface area contributed by atoms with Crippen molar-refractivity contribution in [1.82, 2.24) is 5.32 Å². The molecule has 1 atom stereocenters. The molecule has 2 aromatic rings. The molecule has 0 amide bonds. The van der Waals surface area contributed by atoms with Crippen molar-refractivity contribution >= 4 is 29.0 Å². The summed E-state index contributed by atoms with van der Waals surface area (Å²) < 4.78 is 19.8. The molecule has 0 saturated heterocycles. The molecule has 0 spiro atoms. The number of halogens is 3. The quantitative estimate of drug-likeness (QED) is 0.434. The molecule has 0 bridgehead atoms. The lowest BCUT2D eigenvalue weighted by molar-refractivity contribution is 0.109. The first-order valence-electron chi connectivity index (χ1n) is 9.52. The van der Waals surface area contributed by atoms with Crippen molar-refractivity contribution in [2.45, 2.75) is 26.3 Å². The third-order valence-electron chi connectivity index (χ3n) is 4.48. The van der Waals surface area contributed by atoms with Gasteiger partial charge in [0.1, 0.15) is 6.61 Å². The number of ether oxygens (including phenoxy) is 1. The average Bonchev–Trinajstić information content (AvgIpc) is 2.72. The minimum absolute atomic E-state index is 0.0797. The van der Waals surface area contributed by atoms with E-state index in [1.54, 1.807) is 19.1 Å². The molecule has 3 rings (SSSR count). The number of amidine groups is 1. The van der Waals surface area contributed by atoms with E-state index in [0.29, 0.717) is 35.2 Å². The molecule has 164 valence electrons. The first-order chi connectivity index (χ1) is 14.7. The number of nitrogens with one attached hydrogen (secondary N) is 1. The minimum Gasteiger partial charge on any atom is -0.438 e. The second kappa shape index (κ2) is 9.94. The van der Waals surface area contributed by atoms with Gasteiger partial charge in [0.05, 0.1) is 16.6 Å². The van der Waals surface area contributed by atoms with Crippen LogP contribution in [0.5, 0.6) is 5.75 Å². The highest BCUT2D eigenvalue weighted by atomic mass is 35.5. The molecule has 0 radical (unpaired) electrons. The Morgan fingerprint density at radius 2 is 2.06 bits per heavy atom. The lowest BCUT2D eigenvalue weighted by Gasteiger charge is -2.25. The summed E-state index contributed by atoms with van der Waals surface area (Å²) in [5.41, 5.74) is 14.8. The lowest BCUT2D eigenvalue weighted by atomic mass is 10.0. The van der Waals surface area contributed by atoms with Crippen molar-refractivity contribution in [3.05, 3.63) is 86.6 Å². The van der Waals surface area contributed by atoms with Crippen LogP contribution in [0.1, 0.15) is 18.1 Å². The Balaban J connectivity index is 1.86. The zero-order chi connectivity index (χ0) is 22.5. The molecule has 1 aliphatic rings. The van der Waals surface area contributed by atoms with Gasteiger partial charge in [-0.15, -0.1) is 0 Å². The van der Waals surface area contributed by atoms with Gasteiger partial charge in [0.2, 0.25) is 5.88 Å². The lowest BCUT2D eigenvalue weighted by Crippen LogP contribution is -2.44. The van der Waals surface area contributed by atoms with Gasteiger partial charge in [0.15, 0.2) is 17.4 Å². The fourth-order valence-electron chi connectivity index (χ4n) is 2.99. The van der Waals surface area contributed by atoms with Gasteiger partial charge in [-0.2, -0.15) is 0 Å². The zero-order valence-corrected chi connectivity index (χ0v) is 18.6. The Hall–Kier alpha value is -2.90. The molecule has 6 nitrogen and oxygen atoms in total. The summed E-state index contributed by atoms with van der Waals surface area (Å²) in [5.74, 6) is -0.647. The second-order valence-corrected chi connectivity index (χ2v) is 8.01. The topological polar surface area (TPSA) is 94.9 Å². The van der Waals surface area contributed by atoms with Crippen LogP contribution in [0, 0.1) is 12.7 Å². The third-order valence-corrected chi connectivity index (χ3v) is 5.12. The van der Waals surface area contributed by atoms with E-state index in [4.69, 9.17) is 44.2 Å². The van der Waals surface area contributed by atoms with E-state index in [1.165, 1.54) is 12.1 Å². The Bertz CT molecular complexity index is 1070. The van der Waals surface area contributed by atoms with Crippen LogP contribution in [-0.2, 0) is 11.3 Å². The minimum atomic E-state index is -0.721. The Morgan fingerprint density at radius 3 is 2.77 bits per heavy atom. The number of oxime groups is 1. The first-order valence-corrected chi connectivity index (χ1v) is 10.3. The summed E-state index contributed by atoms with van der Waals surface area (Å²) in [6.45, 7) is 3.99. The Labute approximate surface area is 190 Å². The number of aryl methyl sites for hydroxylation is 1. The zero-order valence-electron chi connectivity index (χ0n) is 17.1. The van der Waals surface area contributed by atoms with Gasteiger partial charge in [-0.1, -0.05) is 46.6 Å². The number of nitrogens with zero attached hydrogens (tertiary/aromatic N) is 1. The normalized spacial score (nSPS) is 17.3. The molecular formula is C22H23Cl2FN4O2. The molecule has 1 aliphatic heterocycles. The molecule has 1 unspecified atom stereocenters. The van der Waals surface area contributed by atoms with Crippen LogP contribution in [0.25, 0.3) is 0 Å². The number of hydrogen-bond acceptors (Lipinski definition) is 6. The van der Waals surface area contributed by atoms with Crippen molar-refractivity contribution in [3.8, 4) is 5.75 Å². The summed E-state index contributed by atoms with van der Waals surface area (Å²) in [7, 11) is 0. The average molecular weight is 465 g/mol. The van der Waals surface area contributed by atoms with Gasteiger partial charge in [-0.05, 0) is 55.7 Å². The number of benzene rings is 2. The molecule has 31 heavy (non-hydrogen) atoms. The van der Waals surface area contributed by atoms with Crippen LogP contribution < -0.4 is 21.5 Å². The van der Waals surface area contributed by atoms with E-state index < -0.39 is 5.82 Å². The van der Waals surface area contributed by atoms with E-state index in [9.17, 15) is 4.39 Å². The van der Waals surface area contributed by atoms with Crippen molar-refractivity contribution in [2.24, 2.45) is 16.6 Å². The van der Waals surface area contributed by atoms with Crippen LogP contribution in [-0.4, -0.2) is 18.5 Å². The monoisotopic (exact) mass is 464 g/mol. The summed E-state index contributed by atoms with van der Waals surface area (Å²) in [6.07, 6.45) is 2.16. The molecule has 0 saturated carbocycles. The molecule has 9 heteroatoms. The van der Waals surface area contributed by atoms with Crippen LogP contribution in [0.3, 0.4) is 0 Å². The van der Waals surface area contributed by atoms with Gasteiger partial charge >= 0.3 is 0 Å². The van der Waals surface area contributed by atoms with Gasteiger partial charge < -0.3 is 26.4 Å². The van der Waals surface area contributed by atoms with Crippen LogP contribution in [0.15, 0.2) is 64.8 Å². The van der Waals surface area contributed by atoms with Crippen molar-refractivity contribution in [3.63, 3.8) is 0 Å². The highest BCUT2D eigenvalue weighted by Gasteiger charge is 2.23. The molecule has 0 aliphatic carbocycles. The molecule has 0 fully saturated rings. The molecular weight excluding hydrogens is 442 g/mol. The number of hydrogen-bond donors (Lipinski definition) is 3. The van der Waals surface area contributed by atoms with Gasteiger partial charge in [0.25, 0.3) is 0 Å². The van der Waals surface area contributed by atoms with E-state index in [-0.39, 0.29) is 22.7 Å². The maximum atomic E-state index is 14.2. The standard InChI is InChI=1S/C22H23Cl2FN4O2/c1-12-6-7-14(18(24)8-12)10-15-11-30-29-22(28-15)16(9-13(2)26)21(27)31-19-5-3-4-17(23)20(19)25/h3-9,15H,10-11,26-27H2,1-2H3,(H,28,29)/b13-9-,21-16-. The molecule has 5 N–H and O–H groups in total. The fourth-order valence-corrected chi connectivity index (χ4v) is 3.47. The molecule has 0 aromatic heterocycles. The maximum Gasteiger partial charge on any atom is 0.202 e. The first kappa shape index (κ1) is 22.8. The fraction of sp³-hybridized carbons (Fsp3) is 0.227. The van der Waals surface area contributed by atoms with Crippen molar-refractivity contribution in [1.29, 1.82) is 0 Å². The SMILES string of the molecule is C/C(N)=C/C(C1=NOCC(Cc2ccc(C)cc2Cl)N1)=C(\N)Oc1cccc(Cl)c1F. The highest BCUT2D eigenvalue weighted by molar-refractivity contribution is 6.31. The van der Waals surface area contributed by atoms with E-state index in [1.807, 2.05) is 25.1 Å². The van der Waals surface area contributed by atoms with Crippen LogP contribution in [0.4, 0.5) is 4.39 Å². The summed E-state index contributed by atoms with van der Waals surface area (Å²) in [4.78, 5) is 5.41. The van der Waals surface area contributed by atoms with Crippen molar-refractivity contribution in [2.75, 3.05) is 6.61 Å². The van der Waals surface area contributed by atoms with E-state index in [2.05, 4.69) is 10.5 Å². The van der Waals surface area contributed by atoms with Gasteiger partial charge in [0, 0.05) is 10.7 Å². The molecule has 2 aromatic carbocycles. The number of nitrogens with two attached hydrogens (primary N) is 2. The van der Waals surface area contributed by atoms with Gasteiger partial charge in [-0.3, -0.25) is 0 Å². The summed E-state index contributed by atoms with van der Waals surface area (Å²) in [6, 6.07) is 10.1. The smallest absolute Gasteiger partial charge is 0.202 e. The Morgan fingerprint density at radius 1 is 1.29 bits per heavy atom. The maximum absolute atomic E-state index is 14.2. The van der Waals surface area contributed by atoms with Crippen LogP contribution in [0.2, 0.25) is 10.0 Å². The summed E-state index contributed by atoms with van der Waals surface area (Å²) >= 11 is 12.2. The van der Waals surface area contributed by atoms with E-state index in [0.717, 1.165) is 11.1 Å². The molecule has 1 heterocycles. The number of allylic oxidation sites excluding steroid dienone is 1. The van der Waals surface area contributed by atoms with Crippen LogP contribution >= 0.6 is 23.2 Å². The van der Waals surface area contributed by atoms with Gasteiger partial charge in [-0.25, -0.2) is 4.39 Å². The second-order valence-electron chi connectivity index (χ2n) is 7.20. The number of rotatable bonds is 6. The third kappa shape index (κ3) is 5.83. The predicted octanol–water partition coefficient (Wildman–Crippen LogP) is 4.40. The Kier molecular flexibility index (Phi) is 7.30. The van der Waals surface area contributed by atoms with Crippen molar-refractivity contribution < 1.29 is 14.0 Å². The summed E-state index contributed by atoms with van der Waals surface area (Å²) in [5, 5.41) is 7.92. The predicted molar refractivity (Wildman–Crippen MR) is 121 cm³/mol.